The van der Waals surface area contributed by atoms with Crippen LogP contribution in [-0.4, -0.2) is 28.9 Å². The van der Waals surface area contributed by atoms with E-state index in [0.29, 0.717) is 33.0 Å². The van der Waals surface area contributed by atoms with Crippen molar-refractivity contribution in [3.8, 4) is 22.6 Å². The average molecular weight is 464 g/mol. The summed E-state index contributed by atoms with van der Waals surface area (Å²) in [6, 6.07) is 9.83. The molecule has 0 aliphatic rings. The second kappa shape index (κ2) is 9.64. The van der Waals surface area contributed by atoms with Crippen molar-refractivity contribution in [2.75, 3.05) is 6.26 Å². The van der Waals surface area contributed by atoms with E-state index < -0.39 is 8.07 Å². The Hall–Kier alpha value is -2.36. The maximum absolute atomic E-state index is 13.6. The van der Waals surface area contributed by atoms with Gasteiger partial charge in [-0.1, -0.05) is 89.6 Å². The summed E-state index contributed by atoms with van der Waals surface area (Å²) in [5.41, 5.74) is 8.13. The first-order valence-electron chi connectivity index (χ1n) is 11.2. The first-order valence-corrected chi connectivity index (χ1v) is 14.6. The molecule has 168 valence electrons. The van der Waals surface area contributed by atoms with E-state index in [-0.39, 0.29) is 5.56 Å². The second-order valence-electron chi connectivity index (χ2n) is 9.22. The summed E-state index contributed by atoms with van der Waals surface area (Å²) >= 11 is 1.47. The maximum atomic E-state index is 13.6. The van der Waals surface area contributed by atoms with Gasteiger partial charge < -0.3 is 0 Å². The Kier molecular flexibility index (Phi) is 7.31. The van der Waals surface area contributed by atoms with Gasteiger partial charge in [-0.2, -0.15) is 0 Å². The van der Waals surface area contributed by atoms with Gasteiger partial charge in [-0.3, -0.25) is 9.36 Å². The molecule has 0 aliphatic carbocycles. The third kappa shape index (κ3) is 4.16. The molecule has 0 unspecified atom stereocenters. The van der Waals surface area contributed by atoms with Crippen LogP contribution in [0.5, 0.6) is 0 Å². The fourth-order valence-corrected chi connectivity index (χ4v) is 10.5. The Bertz CT molecular complexity index is 1220. The Morgan fingerprint density at radius 2 is 1.59 bits per heavy atom. The van der Waals surface area contributed by atoms with E-state index in [9.17, 15) is 4.79 Å². The van der Waals surface area contributed by atoms with Gasteiger partial charge in [0, 0.05) is 18.8 Å². The lowest BCUT2D eigenvalue weighted by Gasteiger charge is -2.38. The van der Waals surface area contributed by atoms with Crippen molar-refractivity contribution in [2.24, 2.45) is 7.05 Å². The zero-order valence-electron chi connectivity index (χ0n) is 20.4. The number of nitrogens with zero attached hydrogens (tertiary/aromatic N) is 3. The van der Waals surface area contributed by atoms with Crippen LogP contribution in [0.3, 0.4) is 0 Å². The van der Waals surface area contributed by atoms with Crippen LogP contribution in [0, 0.1) is 11.5 Å². The molecule has 0 radical (unpaired) electrons. The molecular formula is C26H33N3OSSi. The standard InChI is InChI=1S/C26H33N3OSSi/c1-17(2)32(18(3)4,19(5)6)15-14-21-22-16-27-26(31-8)28-24(22)29(7)25(30)23(21)20-12-10-9-11-13-20/h9-13,16-19H,1-8H3. The van der Waals surface area contributed by atoms with E-state index in [2.05, 4.69) is 63.0 Å². The first kappa shape index (κ1) is 24.3. The Morgan fingerprint density at radius 1 is 1.00 bits per heavy atom. The quantitative estimate of drug-likeness (QED) is 0.193. The van der Waals surface area contributed by atoms with Crippen molar-refractivity contribution in [1.29, 1.82) is 0 Å². The summed E-state index contributed by atoms with van der Waals surface area (Å²) in [5, 5.41) is 1.48. The van der Waals surface area contributed by atoms with E-state index in [1.165, 1.54) is 11.8 Å². The van der Waals surface area contributed by atoms with Crippen molar-refractivity contribution in [2.45, 2.75) is 63.3 Å². The lowest BCUT2D eigenvalue weighted by molar-refractivity contribution is 0.838. The van der Waals surface area contributed by atoms with Gasteiger partial charge in [0.15, 0.2) is 5.16 Å². The molecule has 4 nitrogen and oxygen atoms in total. The van der Waals surface area contributed by atoms with Crippen LogP contribution in [0.2, 0.25) is 16.6 Å². The highest BCUT2D eigenvalue weighted by atomic mass is 32.2. The van der Waals surface area contributed by atoms with E-state index >= 15 is 0 Å². The van der Waals surface area contributed by atoms with Gasteiger partial charge in [-0.05, 0) is 28.4 Å². The molecule has 6 heteroatoms. The van der Waals surface area contributed by atoms with Crippen LogP contribution < -0.4 is 5.56 Å². The topological polar surface area (TPSA) is 47.8 Å². The van der Waals surface area contributed by atoms with Crippen molar-refractivity contribution in [1.82, 2.24) is 14.5 Å². The molecule has 2 aromatic heterocycles. The molecule has 0 saturated carbocycles. The van der Waals surface area contributed by atoms with Gasteiger partial charge in [0.1, 0.15) is 13.7 Å². The molecule has 0 amide bonds. The lowest BCUT2D eigenvalue weighted by atomic mass is 9.99. The number of aryl methyl sites for hydroxylation is 1. The van der Waals surface area contributed by atoms with E-state index in [1.54, 1.807) is 11.6 Å². The number of pyridine rings is 1. The Morgan fingerprint density at radius 3 is 2.12 bits per heavy atom. The van der Waals surface area contributed by atoms with Crippen LogP contribution >= 0.6 is 11.8 Å². The van der Waals surface area contributed by atoms with Crippen LogP contribution in [0.4, 0.5) is 0 Å². The van der Waals surface area contributed by atoms with Crippen LogP contribution in [0.25, 0.3) is 22.2 Å². The van der Waals surface area contributed by atoms with Gasteiger partial charge in [-0.25, -0.2) is 9.97 Å². The Balaban J connectivity index is 2.46. The van der Waals surface area contributed by atoms with Gasteiger partial charge in [-0.15, -0.1) is 5.54 Å². The summed E-state index contributed by atoms with van der Waals surface area (Å²) in [6.45, 7) is 13.8. The number of fused-ring (bicyclic) bond motifs is 1. The maximum Gasteiger partial charge on any atom is 0.261 e. The number of hydrogen-bond acceptors (Lipinski definition) is 4. The normalized spacial score (nSPS) is 12.0. The minimum Gasteiger partial charge on any atom is -0.295 e. The highest BCUT2D eigenvalue weighted by Crippen LogP contribution is 2.41. The minimum atomic E-state index is -1.99. The highest BCUT2D eigenvalue weighted by Gasteiger charge is 2.41. The van der Waals surface area contributed by atoms with Crippen molar-refractivity contribution in [3.05, 3.63) is 52.4 Å². The van der Waals surface area contributed by atoms with E-state index in [1.807, 2.05) is 42.8 Å². The third-order valence-corrected chi connectivity index (χ3v) is 13.5. The monoisotopic (exact) mass is 463 g/mol. The molecule has 0 atom stereocenters. The molecule has 0 N–H and O–H groups in total. The van der Waals surface area contributed by atoms with Crippen LogP contribution in [-0.2, 0) is 7.05 Å². The number of benzene rings is 1. The van der Waals surface area contributed by atoms with Gasteiger partial charge in [0.25, 0.3) is 5.56 Å². The molecule has 0 spiro atoms. The molecule has 1 aromatic carbocycles. The third-order valence-electron chi connectivity index (χ3n) is 6.62. The summed E-state index contributed by atoms with van der Waals surface area (Å²) < 4.78 is 1.63. The fourth-order valence-electron chi connectivity index (χ4n) is 5.00. The molecule has 3 aromatic rings. The van der Waals surface area contributed by atoms with Gasteiger partial charge in [0.2, 0.25) is 0 Å². The molecule has 0 fully saturated rings. The van der Waals surface area contributed by atoms with Crippen molar-refractivity contribution >= 4 is 30.9 Å². The minimum absolute atomic E-state index is 0.0790. The smallest absolute Gasteiger partial charge is 0.261 e. The lowest BCUT2D eigenvalue weighted by Crippen LogP contribution is -2.43. The summed E-state index contributed by atoms with van der Waals surface area (Å²) in [4.78, 5) is 22.7. The van der Waals surface area contributed by atoms with Crippen molar-refractivity contribution < 1.29 is 0 Å². The fraction of sp³-hybridized carbons (Fsp3) is 0.423. The summed E-state index contributed by atoms with van der Waals surface area (Å²) in [6.07, 6.45) is 3.76. The molecule has 3 rings (SSSR count). The van der Waals surface area contributed by atoms with E-state index in [4.69, 9.17) is 0 Å². The Labute approximate surface area is 196 Å². The zero-order valence-corrected chi connectivity index (χ0v) is 22.2. The first-order chi connectivity index (χ1) is 15.1. The van der Waals surface area contributed by atoms with Crippen LogP contribution in [0.15, 0.2) is 46.5 Å². The largest absolute Gasteiger partial charge is 0.295 e. The SMILES string of the molecule is CSc1ncc2c(C#C[Si](C(C)C)(C(C)C)C(C)C)c(-c3ccccc3)c(=O)n(C)c2n1. The molecular weight excluding hydrogens is 430 g/mol. The second-order valence-corrected chi connectivity index (χ2v) is 15.6. The summed E-state index contributed by atoms with van der Waals surface area (Å²) in [7, 11) is -0.207. The van der Waals surface area contributed by atoms with Crippen LogP contribution in [0.1, 0.15) is 47.1 Å². The number of thioether (sulfide) groups is 1. The molecule has 0 bridgehead atoms. The zero-order chi connectivity index (χ0) is 23.6. The van der Waals surface area contributed by atoms with E-state index in [0.717, 1.165) is 16.5 Å². The molecule has 2 heterocycles. The van der Waals surface area contributed by atoms with Crippen molar-refractivity contribution in [3.63, 3.8) is 0 Å². The van der Waals surface area contributed by atoms with Gasteiger partial charge in [0.05, 0.1) is 10.9 Å². The number of rotatable bonds is 5. The molecule has 0 aliphatic heterocycles. The molecule has 32 heavy (non-hydrogen) atoms. The van der Waals surface area contributed by atoms with Gasteiger partial charge >= 0.3 is 0 Å². The number of aromatic nitrogens is 3. The number of hydrogen-bond donors (Lipinski definition) is 0. The predicted octanol–water partition coefficient (Wildman–Crippen LogP) is 6.29. The average Bonchev–Trinajstić information content (AvgIpc) is 2.76. The summed E-state index contributed by atoms with van der Waals surface area (Å²) in [5.74, 6) is 3.56. The molecule has 0 saturated heterocycles. The predicted molar refractivity (Wildman–Crippen MR) is 140 cm³/mol. The highest BCUT2D eigenvalue weighted by molar-refractivity contribution is 7.98.